The van der Waals surface area contributed by atoms with Crippen LogP contribution in [-0.4, -0.2) is 15.0 Å². The van der Waals surface area contributed by atoms with Crippen molar-refractivity contribution >= 4 is 20.4 Å². The predicted molar refractivity (Wildman–Crippen MR) is 96.6 cm³/mol. The van der Waals surface area contributed by atoms with Crippen molar-refractivity contribution in [1.29, 1.82) is 0 Å². The number of aryl methyl sites for hydroxylation is 3. The predicted octanol–water partition coefficient (Wildman–Crippen LogP) is 5.51. The molecule has 0 radical (unpaired) electrons. The van der Waals surface area contributed by atoms with Crippen LogP contribution >= 0.6 is 20.4 Å². The van der Waals surface area contributed by atoms with E-state index in [-0.39, 0.29) is 0 Å². The molecule has 0 spiro atoms. The van der Waals surface area contributed by atoms with E-state index in [2.05, 4.69) is 55.0 Å². The van der Waals surface area contributed by atoms with Gasteiger partial charge < -0.3 is 0 Å². The van der Waals surface area contributed by atoms with Crippen molar-refractivity contribution in [3.8, 4) is 22.8 Å². The summed E-state index contributed by atoms with van der Waals surface area (Å²) in [6.45, 7) is 6.19. The molecule has 0 saturated carbocycles. The molecule has 0 aromatic carbocycles. The fourth-order valence-electron chi connectivity index (χ4n) is 2.28. The van der Waals surface area contributed by atoms with Crippen LogP contribution in [0.4, 0.5) is 0 Å². The summed E-state index contributed by atoms with van der Waals surface area (Å²) in [6, 6.07) is 12.2. The van der Waals surface area contributed by atoms with Crippen LogP contribution in [0.5, 0.6) is 0 Å². The van der Waals surface area contributed by atoms with Gasteiger partial charge >= 0.3 is 33.0 Å². The molecule has 0 saturated heterocycles. The second-order valence-electron chi connectivity index (χ2n) is 5.40. The first-order valence-electron chi connectivity index (χ1n) is 7.20. The zero-order chi connectivity index (χ0) is 17.5. The SMILES string of the molecule is Cc1ccnc(-c2cc(C)cc(-c3cc(C)ccn3)n2)c1.[Cl][Ni][Cl]. The summed E-state index contributed by atoms with van der Waals surface area (Å²) in [5.74, 6) is 0. The second kappa shape index (κ2) is 9.12. The average Bonchev–Trinajstić information content (AvgIpc) is 2.55. The minimum atomic E-state index is 0.569. The van der Waals surface area contributed by atoms with Gasteiger partial charge in [-0.05, 0) is 73.9 Å². The molecule has 0 N–H and O–H groups in total. The summed E-state index contributed by atoms with van der Waals surface area (Å²) >= 11 is 0.569. The van der Waals surface area contributed by atoms with Crippen LogP contribution < -0.4 is 0 Å². The Labute approximate surface area is 156 Å². The van der Waals surface area contributed by atoms with Gasteiger partial charge in [0.15, 0.2) is 0 Å². The van der Waals surface area contributed by atoms with Gasteiger partial charge in [0, 0.05) is 12.4 Å². The third-order valence-electron chi connectivity index (χ3n) is 3.33. The number of rotatable bonds is 2. The molecule has 3 heterocycles. The standard InChI is InChI=1S/C18H17N3.2ClH.Ni/c1-12-4-6-19-15(8-12)17-10-14(3)11-18(21-17)16-9-13(2)5-7-20-16;;;/h4-11H,1-3H3;2*1H;/q;;;+2/p-2. The van der Waals surface area contributed by atoms with Crippen LogP contribution in [0.25, 0.3) is 22.8 Å². The van der Waals surface area contributed by atoms with E-state index in [4.69, 9.17) is 25.4 Å². The van der Waals surface area contributed by atoms with E-state index in [0.29, 0.717) is 12.7 Å². The fourth-order valence-corrected chi connectivity index (χ4v) is 2.28. The Bertz CT molecular complexity index is 761. The molecule has 3 nitrogen and oxygen atoms in total. The molecule has 128 valence electrons. The molecule has 0 fully saturated rings. The summed E-state index contributed by atoms with van der Waals surface area (Å²) in [6.07, 6.45) is 3.64. The molecule has 0 aliphatic rings. The van der Waals surface area contributed by atoms with Gasteiger partial charge in [0.25, 0.3) is 0 Å². The molecule has 0 bridgehead atoms. The third-order valence-corrected chi connectivity index (χ3v) is 3.33. The zero-order valence-electron chi connectivity index (χ0n) is 13.5. The zero-order valence-corrected chi connectivity index (χ0v) is 16.0. The first kappa shape index (κ1) is 18.9. The Hall–Kier alpha value is -1.48. The van der Waals surface area contributed by atoms with Gasteiger partial charge in [-0.1, -0.05) is 0 Å². The molecule has 0 aliphatic carbocycles. The Morgan fingerprint density at radius 3 is 1.42 bits per heavy atom. The molecule has 3 rings (SSSR count). The van der Waals surface area contributed by atoms with E-state index in [1.807, 2.05) is 24.5 Å². The molecule has 0 atom stereocenters. The van der Waals surface area contributed by atoms with E-state index < -0.39 is 0 Å². The number of hydrogen-bond acceptors (Lipinski definition) is 3. The number of pyridine rings is 3. The quantitative estimate of drug-likeness (QED) is 0.529. The molecular weight excluding hydrogens is 388 g/mol. The van der Waals surface area contributed by atoms with Gasteiger partial charge in [-0.3, -0.25) is 9.97 Å². The summed E-state index contributed by atoms with van der Waals surface area (Å²) < 4.78 is 0. The fraction of sp³-hybridized carbons (Fsp3) is 0.167. The van der Waals surface area contributed by atoms with Crippen LogP contribution in [0.15, 0.2) is 48.8 Å². The molecule has 0 aliphatic heterocycles. The van der Waals surface area contributed by atoms with E-state index >= 15 is 0 Å². The molecule has 3 aromatic rings. The molecule has 0 unspecified atom stereocenters. The van der Waals surface area contributed by atoms with Gasteiger partial charge in [0.1, 0.15) is 0 Å². The van der Waals surface area contributed by atoms with Crippen molar-refractivity contribution in [3.63, 3.8) is 0 Å². The summed E-state index contributed by atoms with van der Waals surface area (Å²) in [5.41, 5.74) is 7.08. The Morgan fingerprint density at radius 2 is 1.04 bits per heavy atom. The molecule has 24 heavy (non-hydrogen) atoms. The van der Waals surface area contributed by atoms with Gasteiger partial charge in [0.05, 0.1) is 22.8 Å². The molecule has 0 amide bonds. The van der Waals surface area contributed by atoms with Crippen LogP contribution in [0.1, 0.15) is 16.7 Å². The number of halogens is 2. The van der Waals surface area contributed by atoms with Crippen molar-refractivity contribution in [3.05, 3.63) is 65.5 Å². The normalized spacial score (nSPS) is 10.2. The third kappa shape index (κ3) is 5.27. The van der Waals surface area contributed by atoms with E-state index in [9.17, 15) is 0 Å². The van der Waals surface area contributed by atoms with E-state index in [1.165, 1.54) is 11.1 Å². The van der Waals surface area contributed by atoms with Crippen molar-refractivity contribution < 1.29 is 12.7 Å². The van der Waals surface area contributed by atoms with E-state index in [0.717, 1.165) is 28.3 Å². The Balaban J connectivity index is 0.000000647. The molecule has 6 heteroatoms. The van der Waals surface area contributed by atoms with Crippen LogP contribution in [-0.2, 0) is 12.7 Å². The van der Waals surface area contributed by atoms with Crippen molar-refractivity contribution in [1.82, 2.24) is 15.0 Å². The van der Waals surface area contributed by atoms with Crippen LogP contribution in [0.3, 0.4) is 0 Å². The first-order valence-corrected chi connectivity index (χ1v) is 9.92. The first-order chi connectivity index (χ1) is 11.5. The number of aromatic nitrogens is 3. The van der Waals surface area contributed by atoms with Crippen molar-refractivity contribution in [2.75, 3.05) is 0 Å². The monoisotopic (exact) mass is 403 g/mol. The van der Waals surface area contributed by atoms with Crippen molar-refractivity contribution in [2.45, 2.75) is 20.8 Å². The average molecular weight is 405 g/mol. The van der Waals surface area contributed by atoms with E-state index in [1.54, 1.807) is 0 Å². The maximum absolute atomic E-state index is 4.73. The summed E-state index contributed by atoms with van der Waals surface area (Å²) in [7, 11) is 9.40. The van der Waals surface area contributed by atoms with Gasteiger partial charge in [-0.2, -0.15) is 0 Å². The molecular formula is C18H17Cl2N3Ni. The minimum absolute atomic E-state index is 0.569. The number of hydrogen-bond donors (Lipinski definition) is 0. The topological polar surface area (TPSA) is 38.7 Å². The van der Waals surface area contributed by atoms with Gasteiger partial charge in [-0.15, -0.1) is 0 Å². The van der Waals surface area contributed by atoms with Crippen LogP contribution in [0.2, 0.25) is 0 Å². The Morgan fingerprint density at radius 1 is 0.667 bits per heavy atom. The summed E-state index contributed by atoms with van der Waals surface area (Å²) in [4.78, 5) is 13.6. The number of nitrogens with zero attached hydrogens (tertiary/aromatic N) is 3. The molecule has 3 aromatic heterocycles. The van der Waals surface area contributed by atoms with Crippen molar-refractivity contribution in [2.24, 2.45) is 0 Å². The Kier molecular flexibility index (Phi) is 7.17. The van der Waals surface area contributed by atoms with Crippen LogP contribution in [0, 0.1) is 20.8 Å². The summed E-state index contributed by atoms with van der Waals surface area (Å²) in [5, 5.41) is 0. The maximum atomic E-state index is 4.73. The second-order valence-corrected chi connectivity index (χ2v) is 7.03. The van der Waals surface area contributed by atoms with Gasteiger partial charge in [0.2, 0.25) is 0 Å². The van der Waals surface area contributed by atoms with Gasteiger partial charge in [-0.25, -0.2) is 4.98 Å².